The fourth-order valence-electron chi connectivity index (χ4n) is 2.00. The van der Waals surface area contributed by atoms with Crippen molar-refractivity contribution in [2.24, 2.45) is 5.73 Å². The zero-order chi connectivity index (χ0) is 16.1. The van der Waals surface area contributed by atoms with Crippen LogP contribution in [0.4, 0.5) is 18.9 Å². The van der Waals surface area contributed by atoms with Gasteiger partial charge in [-0.2, -0.15) is 13.2 Å². The van der Waals surface area contributed by atoms with E-state index in [1.807, 2.05) is 6.92 Å². The van der Waals surface area contributed by atoms with E-state index >= 15 is 0 Å². The molecule has 6 heteroatoms. The number of rotatable bonds is 6. The van der Waals surface area contributed by atoms with Gasteiger partial charge in [0.05, 0.1) is 5.54 Å². The highest BCUT2D eigenvalue weighted by Gasteiger charge is 2.28. The van der Waals surface area contributed by atoms with Crippen molar-refractivity contribution in [3.05, 3.63) is 29.8 Å². The maximum Gasteiger partial charge on any atom is 0.389 e. The molecule has 1 amide bonds. The fourth-order valence-corrected chi connectivity index (χ4v) is 2.00. The minimum atomic E-state index is -4.18. The number of aryl methyl sites for hydroxylation is 1. The van der Waals surface area contributed by atoms with E-state index in [0.29, 0.717) is 17.7 Å². The number of nitrogens with one attached hydrogen (secondary N) is 1. The number of amides is 1. The summed E-state index contributed by atoms with van der Waals surface area (Å²) in [6.45, 7) is 3.56. The zero-order valence-electron chi connectivity index (χ0n) is 12.3. The molecule has 0 aliphatic heterocycles. The lowest BCUT2D eigenvalue weighted by Gasteiger charge is -2.23. The smallest absolute Gasteiger partial charge is 0.324 e. The second-order valence-corrected chi connectivity index (χ2v) is 5.44. The number of hydrogen-bond donors (Lipinski definition) is 2. The quantitative estimate of drug-likeness (QED) is 0.843. The molecule has 21 heavy (non-hydrogen) atoms. The van der Waals surface area contributed by atoms with Crippen LogP contribution in [0.2, 0.25) is 0 Å². The Morgan fingerprint density at radius 1 is 1.29 bits per heavy atom. The van der Waals surface area contributed by atoms with E-state index in [2.05, 4.69) is 5.32 Å². The van der Waals surface area contributed by atoms with Gasteiger partial charge in [0.2, 0.25) is 5.91 Å². The Morgan fingerprint density at radius 3 is 2.52 bits per heavy atom. The van der Waals surface area contributed by atoms with Crippen molar-refractivity contribution in [1.29, 1.82) is 0 Å². The first kappa shape index (κ1) is 17.5. The summed E-state index contributed by atoms with van der Waals surface area (Å²) in [5, 5.41) is 2.66. The van der Waals surface area contributed by atoms with Crippen molar-refractivity contribution in [2.75, 3.05) is 5.32 Å². The molecule has 0 fully saturated rings. The SMILES string of the molecule is CCCC(C)(N)C(=O)Nc1cccc(CCC(F)(F)F)c1. The maximum atomic E-state index is 12.2. The van der Waals surface area contributed by atoms with E-state index in [1.54, 1.807) is 31.2 Å². The summed E-state index contributed by atoms with van der Waals surface area (Å²) in [6, 6.07) is 6.41. The molecule has 3 nitrogen and oxygen atoms in total. The Kier molecular flexibility index (Phi) is 5.78. The van der Waals surface area contributed by atoms with Crippen LogP contribution in [0.25, 0.3) is 0 Å². The number of carbonyl (C=O) groups excluding carboxylic acids is 1. The molecule has 0 radical (unpaired) electrons. The van der Waals surface area contributed by atoms with Crippen LogP contribution in [0.3, 0.4) is 0 Å². The van der Waals surface area contributed by atoms with Crippen LogP contribution >= 0.6 is 0 Å². The topological polar surface area (TPSA) is 55.1 Å². The molecule has 3 N–H and O–H groups in total. The van der Waals surface area contributed by atoms with Crippen LogP contribution in [-0.4, -0.2) is 17.6 Å². The fraction of sp³-hybridized carbons (Fsp3) is 0.533. The molecule has 0 bridgehead atoms. The number of benzene rings is 1. The Hall–Kier alpha value is -1.56. The number of halogens is 3. The average Bonchev–Trinajstić information content (AvgIpc) is 2.36. The monoisotopic (exact) mass is 302 g/mol. The lowest BCUT2D eigenvalue weighted by Crippen LogP contribution is -2.48. The summed E-state index contributed by atoms with van der Waals surface area (Å²) in [4.78, 5) is 12.0. The minimum Gasteiger partial charge on any atom is -0.324 e. The largest absolute Gasteiger partial charge is 0.389 e. The molecule has 0 spiro atoms. The summed E-state index contributed by atoms with van der Waals surface area (Å²) in [5.74, 6) is -0.336. The minimum absolute atomic E-state index is 0.109. The van der Waals surface area contributed by atoms with Gasteiger partial charge in [0.15, 0.2) is 0 Å². The molecule has 1 unspecified atom stereocenters. The predicted octanol–water partition coefficient (Wildman–Crippen LogP) is 3.64. The van der Waals surface area contributed by atoms with Gasteiger partial charge in [-0.1, -0.05) is 25.5 Å². The number of nitrogens with two attached hydrogens (primary N) is 1. The van der Waals surface area contributed by atoms with Crippen LogP contribution < -0.4 is 11.1 Å². The summed E-state index contributed by atoms with van der Waals surface area (Å²) >= 11 is 0. The molecule has 118 valence electrons. The van der Waals surface area contributed by atoms with Crippen LogP contribution in [0.1, 0.15) is 38.7 Å². The van der Waals surface area contributed by atoms with Gasteiger partial charge in [-0.05, 0) is 37.5 Å². The first-order valence-corrected chi connectivity index (χ1v) is 6.90. The number of hydrogen-bond acceptors (Lipinski definition) is 2. The van der Waals surface area contributed by atoms with Gasteiger partial charge in [0, 0.05) is 12.1 Å². The molecule has 1 rings (SSSR count). The van der Waals surface area contributed by atoms with Crippen molar-refractivity contribution in [2.45, 2.75) is 51.2 Å². The lowest BCUT2D eigenvalue weighted by atomic mass is 9.96. The lowest BCUT2D eigenvalue weighted by molar-refractivity contribution is -0.134. The third kappa shape index (κ3) is 6.16. The van der Waals surface area contributed by atoms with Gasteiger partial charge in [-0.3, -0.25) is 4.79 Å². The Balaban J connectivity index is 2.70. The van der Waals surface area contributed by atoms with Gasteiger partial charge in [0.1, 0.15) is 0 Å². The molecule has 1 aromatic rings. The third-order valence-electron chi connectivity index (χ3n) is 3.17. The molecule has 1 atom stereocenters. The number of anilines is 1. The molecule has 0 aliphatic carbocycles. The first-order valence-electron chi connectivity index (χ1n) is 6.90. The highest BCUT2D eigenvalue weighted by Crippen LogP contribution is 2.23. The standard InChI is InChI=1S/C15H21F3N2O/c1-3-8-14(2,19)13(21)20-12-6-4-5-11(10-12)7-9-15(16,17)18/h4-6,10H,3,7-9,19H2,1-2H3,(H,20,21). The van der Waals surface area contributed by atoms with Crippen LogP contribution in [0.15, 0.2) is 24.3 Å². The summed E-state index contributed by atoms with van der Waals surface area (Å²) in [7, 11) is 0. The molecule has 0 aromatic heterocycles. The summed E-state index contributed by atoms with van der Waals surface area (Å²) in [5.41, 5.74) is 5.91. The maximum absolute atomic E-state index is 12.2. The van der Waals surface area contributed by atoms with E-state index in [-0.39, 0.29) is 12.3 Å². The van der Waals surface area contributed by atoms with E-state index in [4.69, 9.17) is 5.73 Å². The van der Waals surface area contributed by atoms with Gasteiger partial charge < -0.3 is 11.1 Å². The van der Waals surface area contributed by atoms with E-state index < -0.39 is 18.1 Å². The zero-order valence-corrected chi connectivity index (χ0v) is 12.3. The van der Waals surface area contributed by atoms with Crippen molar-refractivity contribution in [3.8, 4) is 0 Å². The Morgan fingerprint density at radius 2 is 1.95 bits per heavy atom. The Bertz CT molecular complexity index is 484. The number of carbonyl (C=O) groups is 1. The van der Waals surface area contributed by atoms with Gasteiger partial charge >= 0.3 is 6.18 Å². The molecule has 0 saturated carbocycles. The average molecular weight is 302 g/mol. The molecule has 1 aromatic carbocycles. The predicted molar refractivity (Wildman–Crippen MR) is 76.9 cm³/mol. The molecule has 0 saturated heterocycles. The summed E-state index contributed by atoms with van der Waals surface area (Å²) < 4.78 is 36.6. The normalized spacial score (nSPS) is 14.6. The summed E-state index contributed by atoms with van der Waals surface area (Å²) in [6.07, 6.45) is -3.87. The van der Waals surface area contributed by atoms with Crippen molar-refractivity contribution < 1.29 is 18.0 Å². The van der Waals surface area contributed by atoms with Crippen molar-refractivity contribution in [1.82, 2.24) is 0 Å². The van der Waals surface area contributed by atoms with Gasteiger partial charge in [0.25, 0.3) is 0 Å². The number of alkyl halides is 3. The molecular weight excluding hydrogens is 281 g/mol. The Labute approximate surface area is 122 Å². The highest BCUT2D eigenvalue weighted by molar-refractivity contribution is 5.97. The van der Waals surface area contributed by atoms with E-state index in [1.165, 1.54) is 0 Å². The van der Waals surface area contributed by atoms with E-state index in [9.17, 15) is 18.0 Å². The van der Waals surface area contributed by atoms with Crippen LogP contribution in [0, 0.1) is 0 Å². The molecular formula is C15H21F3N2O. The first-order chi connectivity index (χ1) is 9.64. The van der Waals surface area contributed by atoms with Crippen LogP contribution in [-0.2, 0) is 11.2 Å². The molecule has 0 aliphatic rings. The molecule has 0 heterocycles. The van der Waals surface area contributed by atoms with Crippen molar-refractivity contribution >= 4 is 11.6 Å². The van der Waals surface area contributed by atoms with E-state index in [0.717, 1.165) is 6.42 Å². The highest BCUT2D eigenvalue weighted by atomic mass is 19.4. The van der Waals surface area contributed by atoms with Crippen LogP contribution in [0.5, 0.6) is 0 Å². The second-order valence-electron chi connectivity index (χ2n) is 5.44. The third-order valence-corrected chi connectivity index (χ3v) is 3.17. The second kappa shape index (κ2) is 6.93. The van der Waals surface area contributed by atoms with Gasteiger partial charge in [-0.25, -0.2) is 0 Å². The van der Waals surface area contributed by atoms with Gasteiger partial charge in [-0.15, -0.1) is 0 Å². The van der Waals surface area contributed by atoms with Crippen molar-refractivity contribution in [3.63, 3.8) is 0 Å².